The minimum atomic E-state index is 0.00418. The molecule has 0 aliphatic carbocycles. The van der Waals surface area contributed by atoms with Crippen LogP contribution in [-0.2, 0) is 11.2 Å². The second kappa shape index (κ2) is 7.56. The van der Waals surface area contributed by atoms with E-state index in [9.17, 15) is 4.79 Å². The molecule has 2 aromatic rings. The fourth-order valence-electron chi connectivity index (χ4n) is 3.52. The first-order valence-electron chi connectivity index (χ1n) is 8.81. The van der Waals surface area contributed by atoms with Gasteiger partial charge in [0.2, 0.25) is 0 Å². The van der Waals surface area contributed by atoms with E-state index in [-0.39, 0.29) is 11.9 Å². The van der Waals surface area contributed by atoms with Gasteiger partial charge in [-0.15, -0.1) is 11.3 Å². The van der Waals surface area contributed by atoms with Crippen molar-refractivity contribution in [2.24, 2.45) is 0 Å². The molecule has 25 heavy (non-hydrogen) atoms. The number of benzene rings is 1. The average molecular weight is 357 g/mol. The number of nitrogens with zero attached hydrogens (tertiary/aromatic N) is 1. The first kappa shape index (κ1) is 16.6. The molecule has 4 rings (SSSR count). The normalized spacial score (nSPS) is 18.4. The molecule has 1 unspecified atom stereocenters. The Hall–Kier alpha value is -1.89. The van der Waals surface area contributed by atoms with Gasteiger partial charge in [0.05, 0.1) is 19.3 Å². The zero-order valence-corrected chi connectivity index (χ0v) is 15.0. The third-order valence-corrected chi connectivity index (χ3v) is 5.86. The average Bonchev–Trinajstić information content (AvgIpc) is 3.34. The SMILES string of the molecule is O=C(NCC(c1cccs1)N1CCOCC1)c1ccc2c(c1)CCN2. The molecule has 132 valence electrons. The molecule has 1 aromatic heterocycles. The summed E-state index contributed by atoms with van der Waals surface area (Å²) in [6, 6.07) is 10.4. The summed E-state index contributed by atoms with van der Waals surface area (Å²) in [4.78, 5) is 16.3. The van der Waals surface area contributed by atoms with Crippen molar-refractivity contribution < 1.29 is 9.53 Å². The molecule has 5 nitrogen and oxygen atoms in total. The number of nitrogens with one attached hydrogen (secondary N) is 2. The van der Waals surface area contributed by atoms with E-state index in [4.69, 9.17) is 4.74 Å². The van der Waals surface area contributed by atoms with Gasteiger partial charge in [-0.3, -0.25) is 9.69 Å². The van der Waals surface area contributed by atoms with Crippen molar-refractivity contribution in [3.05, 3.63) is 51.7 Å². The molecule has 1 amide bonds. The number of anilines is 1. The number of thiophene rings is 1. The maximum atomic E-state index is 12.6. The van der Waals surface area contributed by atoms with Gasteiger partial charge in [0, 0.05) is 42.3 Å². The molecule has 2 aliphatic heterocycles. The van der Waals surface area contributed by atoms with Crippen LogP contribution in [0, 0.1) is 0 Å². The lowest BCUT2D eigenvalue weighted by molar-refractivity contribution is 0.0169. The third kappa shape index (κ3) is 3.71. The molecule has 1 fully saturated rings. The van der Waals surface area contributed by atoms with E-state index in [0.29, 0.717) is 6.54 Å². The van der Waals surface area contributed by atoms with Crippen molar-refractivity contribution in [2.45, 2.75) is 12.5 Å². The molecule has 0 bridgehead atoms. The molecule has 6 heteroatoms. The number of carbonyl (C=O) groups excluding carboxylic acids is 1. The summed E-state index contributed by atoms with van der Waals surface area (Å²) >= 11 is 1.75. The standard InChI is InChI=1S/C19H23N3O2S/c23-19(15-3-4-16-14(12-15)5-6-20-16)21-13-17(18-2-1-11-25-18)22-7-9-24-10-8-22/h1-4,11-12,17,20H,5-10,13H2,(H,21,23). The zero-order chi connectivity index (χ0) is 17.1. The van der Waals surface area contributed by atoms with E-state index < -0.39 is 0 Å². The number of ether oxygens (including phenoxy) is 1. The van der Waals surface area contributed by atoms with Gasteiger partial charge in [0.15, 0.2) is 0 Å². The summed E-state index contributed by atoms with van der Waals surface area (Å²) in [5.41, 5.74) is 3.13. The third-order valence-electron chi connectivity index (χ3n) is 4.89. The van der Waals surface area contributed by atoms with Crippen LogP contribution in [0.4, 0.5) is 5.69 Å². The van der Waals surface area contributed by atoms with Crippen LogP contribution in [0.3, 0.4) is 0 Å². The molecular formula is C19H23N3O2S. The molecule has 1 aromatic carbocycles. The molecular weight excluding hydrogens is 334 g/mol. The Morgan fingerprint density at radius 1 is 1.32 bits per heavy atom. The minimum Gasteiger partial charge on any atom is -0.384 e. The zero-order valence-electron chi connectivity index (χ0n) is 14.2. The maximum Gasteiger partial charge on any atom is 0.251 e. The van der Waals surface area contributed by atoms with Crippen molar-refractivity contribution in [2.75, 3.05) is 44.7 Å². The van der Waals surface area contributed by atoms with Crippen molar-refractivity contribution in [3.63, 3.8) is 0 Å². The molecule has 2 aliphatic rings. The van der Waals surface area contributed by atoms with E-state index in [1.807, 2.05) is 18.2 Å². The Balaban J connectivity index is 1.44. The summed E-state index contributed by atoms with van der Waals surface area (Å²) in [6.07, 6.45) is 0.988. The first-order valence-corrected chi connectivity index (χ1v) is 9.69. The Morgan fingerprint density at radius 2 is 2.20 bits per heavy atom. The highest BCUT2D eigenvalue weighted by molar-refractivity contribution is 7.10. The van der Waals surface area contributed by atoms with Gasteiger partial charge in [-0.25, -0.2) is 0 Å². The van der Waals surface area contributed by atoms with Crippen LogP contribution >= 0.6 is 11.3 Å². The number of morpholine rings is 1. The van der Waals surface area contributed by atoms with E-state index in [0.717, 1.165) is 50.5 Å². The summed E-state index contributed by atoms with van der Waals surface area (Å²) in [7, 11) is 0. The Morgan fingerprint density at radius 3 is 3.00 bits per heavy atom. The Labute approximate surface area is 152 Å². The Kier molecular flexibility index (Phi) is 5.01. The van der Waals surface area contributed by atoms with Gasteiger partial charge in [-0.2, -0.15) is 0 Å². The van der Waals surface area contributed by atoms with Crippen LogP contribution in [0.15, 0.2) is 35.7 Å². The van der Waals surface area contributed by atoms with Gasteiger partial charge in [-0.05, 0) is 41.6 Å². The molecule has 0 spiro atoms. The molecule has 0 radical (unpaired) electrons. The largest absolute Gasteiger partial charge is 0.384 e. The highest BCUT2D eigenvalue weighted by Gasteiger charge is 2.24. The molecule has 1 saturated heterocycles. The highest BCUT2D eigenvalue weighted by atomic mass is 32.1. The predicted octanol–water partition coefficient (Wildman–Crippen LogP) is 2.52. The lowest BCUT2D eigenvalue weighted by Crippen LogP contribution is -2.43. The van der Waals surface area contributed by atoms with Gasteiger partial charge in [-0.1, -0.05) is 6.07 Å². The molecule has 3 heterocycles. The highest BCUT2D eigenvalue weighted by Crippen LogP contribution is 2.26. The number of fused-ring (bicyclic) bond motifs is 1. The fourth-order valence-corrected chi connectivity index (χ4v) is 4.38. The Bertz CT molecular complexity index is 726. The maximum absolute atomic E-state index is 12.6. The summed E-state index contributed by atoms with van der Waals surface area (Å²) in [5.74, 6) is 0.00418. The van der Waals surface area contributed by atoms with Crippen molar-refractivity contribution in [1.29, 1.82) is 0 Å². The van der Waals surface area contributed by atoms with Gasteiger partial charge >= 0.3 is 0 Å². The van der Waals surface area contributed by atoms with Crippen LogP contribution in [-0.4, -0.2) is 50.2 Å². The van der Waals surface area contributed by atoms with Crippen LogP contribution in [0.25, 0.3) is 0 Å². The smallest absolute Gasteiger partial charge is 0.251 e. The lowest BCUT2D eigenvalue weighted by atomic mass is 10.1. The summed E-state index contributed by atoms with van der Waals surface area (Å²) < 4.78 is 5.47. The minimum absolute atomic E-state index is 0.00418. The van der Waals surface area contributed by atoms with Crippen LogP contribution < -0.4 is 10.6 Å². The van der Waals surface area contributed by atoms with Crippen molar-refractivity contribution >= 4 is 22.9 Å². The van der Waals surface area contributed by atoms with Crippen molar-refractivity contribution in [3.8, 4) is 0 Å². The number of carbonyl (C=O) groups is 1. The van der Waals surface area contributed by atoms with E-state index >= 15 is 0 Å². The quantitative estimate of drug-likeness (QED) is 0.863. The molecule has 2 N–H and O–H groups in total. The monoisotopic (exact) mass is 357 g/mol. The summed E-state index contributed by atoms with van der Waals surface area (Å²) in [5, 5.41) is 8.57. The molecule has 0 saturated carbocycles. The second-order valence-electron chi connectivity index (χ2n) is 6.44. The number of rotatable bonds is 5. The topological polar surface area (TPSA) is 53.6 Å². The van der Waals surface area contributed by atoms with Gasteiger partial charge < -0.3 is 15.4 Å². The summed E-state index contributed by atoms with van der Waals surface area (Å²) in [6.45, 7) is 4.90. The first-order chi connectivity index (χ1) is 12.3. The lowest BCUT2D eigenvalue weighted by Gasteiger charge is -2.34. The van der Waals surface area contributed by atoms with Crippen LogP contribution in [0.5, 0.6) is 0 Å². The predicted molar refractivity (Wildman–Crippen MR) is 100 cm³/mol. The number of hydrogen-bond donors (Lipinski definition) is 2. The molecule has 1 atom stereocenters. The van der Waals surface area contributed by atoms with E-state index in [1.165, 1.54) is 10.4 Å². The van der Waals surface area contributed by atoms with Crippen molar-refractivity contribution in [1.82, 2.24) is 10.2 Å². The van der Waals surface area contributed by atoms with E-state index in [1.54, 1.807) is 11.3 Å². The second-order valence-corrected chi connectivity index (χ2v) is 7.42. The van der Waals surface area contributed by atoms with Crippen LogP contribution in [0.2, 0.25) is 0 Å². The van der Waals surface area contributed by atoms with Gasteiger partial charge in [0.1, 0.15) is 0 Å². The van der Waals surface area contributed by atoms with E-state index in [2.05, 4.69) is 33.0 Å². The van der Waals surface area contributed by atoms with Gasteiger partial charge in [0.25, 0.3) is 5.91 Å². The fraction of sp³-hybridized carbons (Fsp3) is 0.421. The van der Waals surface area contributed by atoms with Crippen LogP contribution in [0.1, 0.15) is 26.8 Å². The number of amides is 1. The number of hydrogen-bond acceptors (Lipinski definition) is 5.